The fourth-order valence-electron chi connectivity index (χ4n) is 4.94. The van der Waals surface area contributed by atoms with Crippen LogP contribution in [0, 0.1) is 12.8 Å². The number of pyridine rings is 1. The van der Waals surface area contributed by atoms with Gasteiger partial charge in [0, 0.05) is 36.4 Å². The Morgan fingerprint density at radius 3 is 2.78 bits per heavy atom. The third-order valence-corrected chi connectivity index (χ3v) is 6.40. The zero-order valence-corrected chi connectivity index (χ0v) is 18.2. The lowest BCUT2D eigenvalue weighted by Gasteiger charge is -2.46. The van der Waals surface area contributed by atoms with E-state index in [-0.39, 0.29) is 11.3 Å². The molecule has 1 fully saturated rings. The number of aromatic nitrogens is 5. The van der Waals surface area contributed by atoms with Crippen LogP contribution in [-0.2, 0) is 12.5 Å². The van der Waals surface area contributed by atoms with Gasteiger partial charge in [-0.2, -0.15) is 0 Å². The van der Waals surface area contributed by atoms with E-state index in [9.17, 15) is 9.59 Å². The highest BCUT2D eigenvalue weighted by molar-refractivity contribution is 6.09. The van der Waals surface area contributed by atoms with E-state index in [4.69, 9.17) is 0 Å². The fraction of sp³-hybridized carbons (Fsp3) is 0.292. The van der Waals surface area contributed by atoms with Crippen molar-refractivity contribution in [2.24, 2.45) is 13.0 Å². The van der Waals surface area contributed by atoms with Crippen LogP contribution in [0.5, 0.6) is 0 Å². The molecule has 0 spiro atoms. The van der Waals surface area contributed by atoms with Gasteiger partial charge in [-0.25, -0.2) is 4.98 Å². The Hall–Kier alpha value is -3.81. The standard InChI is InChI=1S/C24H24N6O2/c1-15-9-24(10-15,23-28-26-14-29(23)3)18-5-4-6-19(8-18)27-22(32)20-7-17(13-31)12-30-16(2)11-25-21(20)30/h4-8,11-15H,9-10H2,1-3H3,(H,27,32). The molecular weight excluding hydrogens is 404 g/mol. The summed E-state index contributed by atoms with van der Waals surface area (Å²) in [7, 11) is 1.96. The summed E-state index contributed by atoms with van der Waals surface area (Å²) in [5, 5.41) is 11.5. The van der Waals surface area contributed by atoms with Gasteiger partial charge in [0.15, 0.2) is 6.29 Å². The summed E-state index contributed by atoms with van der Waals surface area (Å²) in [6.07, 6.45) is 7.79. The van der Waals surface area contributed by atoms with Gasteiger partial charge in [0.05, 0.1) is 11.0 Å². The van der Waals surface area contributed by atoms with Gasteiger partial charge in [-0.15, -0.1) is 10.2 Å². The fourth-order valence-corrected chi connectivity index (χ4v) is 4.94. The molecule has 0 atom stereocenters. The van der Waals surface area contributed by atoms with Gasteiger partial charge >= 0.3 is 0 Å². The molecule has 0 radical (unpaired) electrons. The average molecular weight is 428 g/mol. The molecule has 1 saturated carbocycles. The molecule has 4 aromatic rings. The predicted octanol–water partition coefficient (Wildman–Crippen LogP) is 3.55. The minimum atomic E-state index is -0.309. The van der Waals surface area contributed by atoms with E-state index in [1.54, 1.807) is 29.2 Å². The van der Waals surface area contributed by atoms with Gasteiger partial charge in [0.2, 0.25) is 0 Å². The van der Waals surface area contributed by atoms with Crippen molar-refractivity contribution in [2.75, 3.05) is 5.32 Å². The first-order valence-electron chi connectivity index (χ1n) is 10.6. The normalized spacial score (nSPS) is 20.2. The van der Waals surface area contributed by atoms with E-state index in [0.717, 1.165) is 36.2 Å². The van der Waals surface area contributed by atoms with Crippen LogP contribution in [0.1, 0.15) is 57.6 Å². The molecule has 8 heteroatoms. The largest absolute Gasteiger partial charge is 0.322 e. The SMILES string of the molecule is Cc1cnc2c(C(=O)Nc3cccc(C4(c5nncn5C)CC(C)C4)c3)cc(C=O)cn12. The minimum Gasteiger partial charge on any atom is -0.322 e. The molecule has 162 valence electrons. The maximum Gasteiger partial charge on any atom is 0.259 e. The number of amides is 1. The number of aryl methyl sites for hydroxylation is 2. The third kappa shape index (κ3) is 3.10. The molecule has 1 aromatic carbocycles. The number of carbonyl (C=O) groups excluding carboxylic acids is 2. The molecule has 3 heterocycles. The highest BCUT2D eigenvalue weighted by Crippen LogP contribution is 2.51. The number of rotatable bonds is 5. The van der Waals surface area contributed by atoms with Gasteiger partial charge in [-0.1, -0.05) is 19.1 Å². The Morgan fingerprint density at radius 2 is 2.09 bits per heavy atom. The zero-order valence-electron chi connectivity index (χ0n) is 18.2. The lowest BCUT2D eigenvalue weighted by atomic mass is 9.58. The van der Waals surface area contributed by atoms with E-state index in [2.05, 4.69) is 33.5 Å². The number of nitrogens with zero attached hydrogens (tertiary/aromatic N) is 5. The number of hydrogen-bond donors (Lipinski definition) is 1. The van der Waals surface area contributed by atoms with E-state index >= 15 is 0 Å². The number of carbonyl (C=O) groups is 2. The van der Waals surface area contributed by atoms with E-state index in [1.165, 1.54) is 0 Å². The Labute approximate surface area is 185 Å². The zero-order chi connectivity index (χ0) is 22.5. The first-order chi connectivity index (χ1) is 15.4. The molecule has 0 aliphatic heterocycles. The molecule has 5 rings (SSSR count). The number of anilines is 1. The van der Waals surface area contributed by atoms with Gasteiger partial charge in [-0.05, 0) is 49.4 Å². The molecule has 0 bridgehead atoms. The summed E-state index contributed by atoms with van der Waals surface area (Å²) < 4.78 is 3.73. The van der Waals surface area contributed by atoms with Crippen molar-refractivity contribution in [3.05, 3.63) is 77.3 Å². The van der Waals surface area contributed by atoms with Crippen LogP contribution in [0.25, 0.3) is 5.65 Å². The summed E-state index contributed by atoms with van der Waals surface area (Å²) in [4.78, 5) is 28.9. The summed E-state index contributed by atoms with van der Waals surface area (Å²) >= 11 is 0. The van der Waals surface area contributed by atoms with Crippen molar-refractivity contribution in [1.29, 1.82) is 0 Å². The first-order valence-corrected chi connectivity index (χ1v) is 10.6. The molecule has 1 aliphatic rings. The van der Waals surface area contributed by atoms with E-state index in [0.29, 0.717) is 28.4 Å². The number of fused-ring (bicyclic) bond motifs is 1. The van der Waals surface area contributed by atoms with Crippen molar-refractivity contribution in [3.63, 3.8) is 0 Å². The Morgan fingerprint density at radius 1 is 1.28 bits per heavy atom. The van der Waals surface area contributed by atoms with Crippen LogP contribution in [0.4, 0.5) is 5.69 Å². The van der Waals surface area contributed by atoms with Crippen LogP contribution in [0.15, 0.2) is 49.1 Å². The molecule has 0 saturated heterocycles. The molecule has 1 N–H and O–H groups in total. The number of hydrogen-bond acceptors (Lipinski definition) is 5. The maximum atomic E-state index is 13.2. The number of benzene rings is 1. The summed E-state index contributed by atoms with van der Waals surface area (Å²) in [6, 6.07) is 9.48. The van der Waals surface area contributed by atoms with Crippen LogP contribution < -0.4 is 5.32 Å². The average Bonchev–Trinajstić information content (AvgIpc) is 3.36. The second-order valence-electron chi connectivity index (χ2n) is 8.79. The Kier molecular flexibility index (Phi) is 4.65. The topological polar surface area (TPSA) is 94.2 Å². The van der Waals surface area contributed by atoms with Crippen LogP contribution in [0.2, 0.25) is 0 Å². The Balaban J connectivity index is 1.50. The van der Waals surface area contributed by atoms with Gasteiger partial charge in [0.25, 0.3) is 5.91 Å². The van der Waals surface area contributed by atoms with Crippen molar-refractivity contribution < 1.29 is 9.59 Å². The van der Waals surface area contributed by atoms with Crippen molar-refractivity contribution in [3.8, 4) is 0 Å². The van der Waals surface area contributed by atoms with Crippen molar-refractivity contribution in [2.45, 2.75) is 32.1 Å². The number of nitrogens with one attached hydrogen (secondary N) is 1. The third-order valence-electron chi connectivity index (χ3n) is 6.40. The Bertz CT molecular complexity index is 1350. The predicted molar refractivity (Wildman–Crippen MR) is 120 cm³/mol. The van der Waals surface area contributed by atoms with Crippen LogP contribution in [0.3, 0.4) is 0 Å². The quantitative estimate of drug-likeness (QED) is 0.491. The number of aldehydes is 1. The van der Waals surface area contributed by atoms with E-state index in [1.807, 2.05) is 36.7 Å². The molecule has 1 amide bonds. The minimum absolute atomic E-state index is 0.212. The summed E-state index contributed by atoms with van der Waals surface area (Å²) in [5.74, 6) is 1.22. The molecule has 0 unspecified atom stereocenters. The molecule has 8 nitrogen and oxygen atoms in total. The highest BCUT2D eigenvalue weighted by atomic mass is 16.1. The molecule has 3 aromatic heterocycles. The lowest BCUT2D eigenvalue weighted by Crippen LogP contribution is -2.43. The van der Waals surface area contributed by atoms with Gasteiger partial charge in [0.1, 0.15) is 17.8 Å². The molecule has 32 heavy (non-hydrogen) atoms. The van der Waals surface area contributed by atoms with Gasteiger partial charge < -0.3 is 14.3 Å². The number of imidazole rings is 1. The van der Waals surface area contributed by atoms with Crippen molar-refractivity contribution in [1.82, 2.24) is 24.1 Å². The molecular formula is C24H24N6O2. The van der Waals surface area contributed by atoms with Gasteiger partial charge in [-0.3, -0.25) is 9.59 Å². The van der Waals surface area contributed by atoms with Crippen LogP contribution >= 0.6 is 0 Å². The first kappa shape index (κ1) is 20.1. The monoisotopic (exact) mass is 428 g/mol. The summed E-state index contributed by atoms with van der Waals surface area (Å²) in [5.41, 5.74) is 3.72. The summed E-state index contributed by atoms with van der Waals surface area (Å²) in [6.45, 7) is 4.11. The smallest absolute Gasteiger partial charge is 0.259 e. The highest BCUT2D eigenvalue weighted by Gasteiger charge is 2.48. The second kappa shape index (κ2) is 7.40. The lowest BCUT2D eigenvalue weighted by molar-refractivity contribution is 0.102. The van der Waals surface area contributed by atoms with E-state index < -0.39 is 0 Å². The van der Waals surface area contributed by atoms with Crippen LogP contribution in [-0.4, -0.2) is 36.3 Å². The van der Waals surface area contributed by atoms with Crippen molar-refractivity contribution >= 4 is 23.5 Å². The maximum absolute atomic E-state index is 13.2. The molecule has 1 aliphatic carbocycles. The second-order valence-corrected chi connectivity index (χ2v) is 8.79.